The first kappa shape index (κ1) is 12.0. The lowest BCUT2D eigenvalue weighted by Crippen LogP contribution is -2.12. The SMILES string of the molecule is COC(=O)c1cc2n(n1)CCCNC2.Cl. The van der Waals surface area contributed by atoms with Crippen LogP contribution in [0.25, 0.3) is 0 Å². The maximum absolute atomic E-state index is 11.2. The number of hydrogen-bond donors (Lipinski definition) is 1. The maximum atomic E-state index is 11.2. The molecule has 2 heterocycles. The van der Waals surface area contributed by atoms with Gasteiger partial charge in [0.05, 0.1) is 12.8 Å². The van der Waals surface area contributed by atoms with Gasteiger partial charge in [0.25, 0.3) is 0 Å². The average Bonchev–Trinajstić information content (AvgIpc) is 2.49. The lowest BCUT2D eigenvalue weighted by atomic mass is 10.3. The first-order chi connectivity index (χ1) is 6.81. The number of ether oxygens (including phenoxy) is 1. The van der Waals surface area contributed by atoms with E-state index in [1.165, 1.54) is 7.11 Å². The Balaban J connectivity index is 0.00000112. The number of esters is 1. The smallest absolute Gasteiger partial charge is 0.358 e. The number of aromatic nitrogens is 2. The van der Waals surface area contributed by atoms with Gasteiger partial charge >= 0.3 is 5.97 Å². The van der Waals surface area contributed by atoms with Gasteiger partial charge in [-0.1, -0.05) is 0 Å². The molecule has 1 aliphatic heterocycles. The molecule has 84 valence electrons. The van der Waals surface area contributed by atoms with Crippen LogP contribution in [0.3, 0.4) is 0 Å². The first-order valence-electron chi connectivity index (χ1n) is 4.67. The molecule has 0 radical (unpaired) electrons. The molecule has 1 aromatic rings. The van der Waals surface area contributed by atoms with E-state index in [2.05, 4.69) is 15.2 Å². The Bertz CT molecular complexity index is 328. The van der Waals surface area contributed by atoms with Crippen molar-refractivity contribution in [1.29, 1.82) is 0 Å². The molecular formula is C9H14ClN3O2. The molecule has 5 nitrogen and oxygen atoms in total. The Morgan fingerprint density at radius 1 is 1.67 bits per heavy atom. The van der Waals surface area contributed by atoms with Crippen molar-refractivity contribution in [2.45, 2.75) is 19.5 Å². The van der Waals surface area contributed by atoms with E-state index in [0.717, 1.165) is 31.7 Å². The third kappa shape index (κ3) is 2.49. The van der Waals surface area contributed by atoms with Gasteiger partial charge in [0.15, 0.2) is 5.69 Å². The van der Waals surface area contributed by atoms with Crippen molar-refractivity contribution >= 4 is 18.4 Å². The van der Waals surface area contributed by atoms with E-state index in [-0.39, 0.29) is 18.4 Å². The summed E-state index contributed by atoms with van der Waals surface area (Å²) in [4.78, 5) is 11.2. The van der Waals surface area contributed by atoms with Crippen molar-refractivity contribution in [3.05, 3.63) is 17.5 Å². The Labute approximate surface area is 94.2 Å². The minimum atomic E-state index is -0.370. The predicted molar refractivity (Wildman–Crippen MR) is 57.1 cm³/mol. The molecule has 1 aliphatic rings. The highest BCUT2D eigenvalue weighted by atomic mass is 35.5. The van der Waals surface area contributed by atoms with Crippen LogP contribution in [0.15, 0.2) is 6.07 Å². The highest BCUT2D eigenvalue weighted by Gasteiger charge is 2.15. The Morgan fingerprint density at radius 3 is 3.20 bits per heavy atom. The van der Waals surface area contributed by atoms with Crippen LogP contribution < -0.4 is 5.32 Å². The fraction of sp³-hybridized carbons (Fsp3) is 0.556. The molecule has 15 heavy (non-hydrogen) atoms. The number of carbonyl (C=O) groups is 1. The van der Waals surface area contributed by atoms with Crippen molar-refractivity contribution < 1.29 is 9.53 Å². The van der Waals surface area contributed by atoms with E-state index in [1.807, 2.05) is 4.68 Å². The maximum Gasteiger partial charge on any atom is 0.358 e. The summed E-state index contributed by atoms with van der Waals surface area (Å²) in [5.74, 6) is -0.370. The number of aryl methyl sites for hydroxylation is 1. The third-order valence-electron chi connectivity index (χ3n) is 2.29. The Morgan fingerprint density at radius 2 is 2.47 bits per heavy atom. The fourth-order valence-electron chi connectivity index (χ4n) is 1.57. The summed E-state index contributed by atoms with van der Waals surface area (Å²) in [5.41, 5.74) is 1.44. The summed E-state index contributed by atoms with van der Waals surface area (Å²) in [5, 5.41) is 7.44. The minimum absolute atomic E-state index is 0. The molecule has 0 bridgehead atoms. The molecule has 0 aromatic carbocycles. The van der Waals surface area contributed by atoms with E-state index in [0.29, 0.717) is 5.69 Å². The predicted octanol–water partition coefficient (Wildman–Crippen LogP) is 0.585. The van der Waals surface area contributed by atoms with Gasteiger partial charge in [-0.3, -0.25) is 4.68 Å². The standard InChI is InChI=1S/C9H13N3O2.ClH/c1-14-9(13)8-5-7-6-10-3-2-4-12(7)11-8;/h5,10H,2-4,6H2,1H3;1H. The molecule has 0 aliphatic carbocycles. The van der Waals surface area contributed by atoms with Gasteiger partial charge in [-0.2, -0.15) is 5.10 Å². The first-order valence-corrected chi connectivity index (χ1v) is 4.67. The van der Waals surface area contributed by atoms with E-state index in [9.17, 15) is 4.79 Å². The molecule has 0 atom stereocenters. The average molecular weight is 232 g/mol. The van der Waals surface area contributed by atoms with Crippen LogP contribution in [0.5, 0.6) is 0 Å². The Kier molecular flexibility index (Phi) is 4.11. The zero-order valence-corrected chi connectivity index (χ0v) is 9.34. The minimum Gasteiger partial charge on any atom is -0.464 e. The topological polar surface area (TPSA) is 56.2 Å². The van der Waals surface area contributed by atoms with Gasteiger partial charge in [-0.05, 0) is 19.0 Å². The number of carbonyl (C=O) groups excluding carboxylic acids is 1. The second kappa shape index (κ2) is 5.14. The van der Waals surface area contributed by atoms with Crippen molar-refractivity contribution in [2.75, 3.05) is 13.7 Å². The zero-order valence-electron chi connectivity index (χ0n) is 8.52. The molecule has 1 N–H and O–H groups in total. The summed E-state index contributed by atoms with van der Waals surface area (Å²) in [6, 6.07) is 1.78. The molecular weight excluding hydrogens is 218 g/mol. The number of nitrogens with zero attached hydrogens (tertiary/aromatic N) is 2. The van der Waals surface area contributed by atoms with E-state index < -0.39 is 0 Å². The fourth-order valence-corrected chi connectivity index (χ4v) is 1.57. The number of fused-ring (bicyclic) bond motifs is 1. The highest BCUT2D eigenvalue weighted by molar-refractivity contribution is 5.87. The second-order valence-corrected chi connectivity index (χ2v) is 3.27. The number of halogens is 1. The molecule has 0 saturated carbocycles. The molecule has 0 spiro atoms. The number of rotatable bonds is 1. The van der Waals surface area contributed by atoms with Crippen LogP contribution in [0.1, 0.15) is 22.6 Å². The molecule has 0 unspecified atom stereocenters. The molecule has 0 saturated heterocycles. The summed E-state index contributed by atoms with van der Waals surface area (Å²) in [6.07, 6.45) is 1.04. The van der Waals surface area contributed by atoms with Crippen molar-refractivity contribution in [3.8, 4) is 0 Å². The molecule has 6 heteroatoms. The number of hydrogen-bond acceptors (Lipinski definition) is 4. The van der Waals surface area contributed by atoms with E-state index >= 15 is 0 Å². The molecule has 0 fully saturated rings. The van der Waals surface area contributed by atoms with E-state index in [1.54, 1.807) is 6.07 Å². The van der Waals surface area contributed by atoms with Crippen LogP contribution in [0.4, 0.5) is 0 Å². The van der Waals surface area contributed by atoms with Gasteiger partial charge in [-0.25, -0.2) is 4.79 Å². The van der Waals surface area contributed by atoms with Crippen LogP contribution in [0, 0.1) is 0 Å². The monoisotopic (exact) mass is 231 g/mol. The summed E-state index contributed by atoms with van der Waals surface area (Å²) in [7, 11) is 1.37. The number of methoxy groups -OCH3 is 1. The van der Waals surface area contributed by atoms with E-state index in [4.69, 9.17) is 0 Å². The summed E-state index contributed by atoms with van der Waals surface area (Å²) in [6.45, 7) is 2.63. The van der Waals surface area contributed by atoms with Crippen LogP contribution >= 0.6 is 12.4 Å². The van der Waals surface area contributed by atoms with Crippen LogP contribution in [-0.4, -0.2) is 29.4 Å². The summed E-state index contributed by atoms with van der Waals surface area (Å²) < 4.78 is 6.48. The van der Waals surface area contributed by atoms with Crippen molar-refractivity contribution in [2.24, 2.45) is 0 Å². The van der Waals surface area contributed by atoms with Gasteiger partial charge in [0.2, 0.25) is 0 Å². The number of nitrogens with one attached hydrogen (secondary N) is 1. The van der Waals surface area contributed by atoms with Gasteiger partial charge in [0.1, 0.15) is 0 Å². The quantitative estimate of drug-likeness (QED) is 0.719. The largest absolute Gasteiger partial charge is 0.464 e. The zero-order chi connectivity index (χ0) is 9.97. The van der Waals surface area contributed by atoms with Gasteiger partial charge in [-0.15, -0.1) is 12.4 Å². The lowest BCUT2D eigenvalue weighted by Gasteiger charge is -1.98. The van der Waals surface area contributed by atoms with Crippen molar-refractivity contribution in [3.63, 3.8) is 0 Å². The van der Waals surface area contributed by atoms with Gasteiger partial charge in [0, 0.05) is 13.1 Å². The molecule has 2 rings (SSSR count). The normalized spacial score (nSPS) is 14.7. The van der Waals surface area contributed by atoms with Crippen LogP contribution in [0.2, 0.25) is 0 Å². The van der Waals surface area contributed by atoms with Crippen molar-refractivity contribution in [1.82, 2.24) is 15.1 Å². The second-order valence-electron chi connectivity index (χ2n) is 3.27. The highest BCUT2D eigenvalue weighted by Crippen LogP contribution is 2.08. The molecule has 1 aromatic heterocycles. The third-order valence-corrected chi connectivity index (χ3v) is 2.29. The summed E-state index contributed by atoms with van der Waals surface area (Å²) >= 11 is 0. The Hall–Kier alpha value is -1.07. The lowest BCUT2D eigenvalue weighted by molar-refractivity contribution is 0.0593. The molecule has 0 amide bonds. The van der Waals surface area contributed by atoms with Crippen LogP contribution in [-0.2, 0) is 17.8 Å². The van der Waals surface area contributed by atoms with Gasteiger partial charge < -0.3 is 10.1 Å².